The summed E-state index contributed by atoms with van der Waals surface area (Å²) in [6.07, 6.45) is 0.910. The van der Waals surface area contributed by atoms with Crippen LogP contribution in [0.5, 0.6) is 5.75 Å². The first kappa shape index (κ1) is 12.4. The van der Waals surface area contributed by atoms with E-state index < -0.39 is 0 Å². The molecule has 2 nitrogen and oxygen atoms in total. The van der Waals surface area contributed by atoms with Crippen LogP contribution in [0.25, 0.3) is 0 Å². The molecule has 2 rings (SSSR count). The fourth-order valence-electron chi connectivity index (χ4n) is 2.92. The molecule has 1 fully saturated rings. The molecule has 0 amide bonds. The number of benzene rings is 1. The molecule has 0 aromatic heterocycles. The van der Waals surface area contributed by atoms with Crippen LogP contribution in [0.3, 0.4) is 0 Å². The highest BCUT2D eigenvalue weighted by atomic mass is 19.1. The van der Waals surface area contributed by atoms with Gasteiger partial charge in [0.25, 0.3) is 0 Å². The predicted octanol–water partition coefficient (Wildman–Crippen LogP) is 2.77. The quantitative estimate of drug-likeness (QED) is 0.877. The lowest BCUT2D eigenvalue weighted by atomic mass is 9.86. The molecule has 1 unspecified atom stereocenters. The Hall–Kier alpha value is -1.09. The van der Waals surface area contributed by atoms with Crippen molar-refractivity contribution >= 4 is 0 Å². The van der Waals surface area contributed by atoms with E-state index in [1.54, 1.807) is 13.2 Å². The maximum absolute atomic E-state index is 14.2. The van der Waals surface area contributed by atoms with Gasteiger partial charge in [0, 0.05) is 17.5 Å². The van der Waals surface area contributed by atoms with Crippen LogP contribution >= 0.6 is 0 Å². The maximum Gasteiger partial charge on any atom is 0.131 e. The lowest BCUT2D eigenvalue weighted by molar-refractivity contribution is 0.384. The number of nitrogens with two attached hydrogens (primary N) is 1. The van der Waals surface area contributed by atoms with Gasteiger partial charge in [-0.05, 0) is 36.5 Å². The Morgan fingerprint density at radius 2 is 2.00 bits per heavy atom. The Morgan fingerprint density at radius 3 is 2.41 bits per heavy atom. The number of ether oxygens (including phenoxy) is 1. The smallest absolute Gasteiger partial charge is 0.131 e. The molecule has 3 heteroatoms. The third kappa shape index (κ3) is 1.64. The van der Waals surface area contributed by atoms with Crippen LogP contribution in [0, 0.1) is 18.2 Å². The van der Waals surface area contributed by atoms with Gasteiger partial charge in [-0.25, -0.2) is 4.39 Å². The molecule has 0 spiro atoms. The van der Waals surface area contributed by atoms with E-state index in [9.17, 15) is 4.39 Å². The number of methoxy groups -OCH3 is 1. The van der Waals surface area contributed by atoms with E-state index >= 15 is 0 Å². The number of rotatable bonds is 3. The average Bonchev–Trinajstić information content (AvgIpc) is 2.80. The van der Waals surface area contributed by atoms with Crippen molar-refractivity contribution < 1.29 is 9.13 Å². The number of hydrogen-bond donors (Lipinski definition) is 1. The van der Waals surface area contributed by atoms with Gasteiger partial charge in [-0.3, -0.25) is 0 Å². The van der Waals surface area contributed by atoms with Crippen molar-refractivity contribution in [3.8, 4) is 5.75 Å². The van der Waals surface area contributed by atoms with Crippen LogP contribution in [0.2, 0.25) is 0 Å². The molecule has 1 atom stereocenters. The van der Waals surface area contributed by atoms with Crippen molar-refractivity contribution in [1.82, 2.24) is 0 Å². The van der Waals surface area contributed by atoms with Crippen LogP contribution < -0.4 is 10.5 Å². The zero-order valence-corrected chi connectivity index (χ0v) is 10.9. The minimum atomic E-state index is -0.268. The fraction of sp³-hybridized carbons (Fsp3) is 0.571. The summed E-state index contributed by atoms with van der Waals surface area (Å²) in [5.41, 5.74) is 7.18. The van der Waals surface area contributed by atoms with E-state index in [2.05, 4.69) is 13.8 Å². The van der Waals surface area contributed by atoms with Crippen LogP contribution in [0.15, 0.2) is 12.1 Å². The molecule has 17 heavy (non-hydrogen) atoms. The zero-order valence-electron chi connectivity index (χ0n) is 10.9. The van der Waals surface area contributed by atoms with Crippen molar-refractivity contribution in [3.63, 3.8) is 0 Å². The number of aryl methyl sites for hydroxylation is 1. The molecule has 1 saturated carbocycles. The van der Waals surface area contributed by atoms with Crippen LogP contribution in [-0.2, 0) is 5.41 Å². The standard InChI is InChI=1S/C14H20FNO/c1-9-5-10(15)12(11(6-9)17-4)14(8-16)7-13(14,2)3/h5-6H,7-8,16H2,1-4H3. The van der Waals surface area contributed by atoms with Crippen LogP contribution in [-0.4, -0.2) is 13.7 Å². The van der Waals surface area contributed by atoms with Crippen molar-refractivity contribution in [3.05, 3.63) is 29.1 Å². The lowest BCUT2D eigenvalue weighted by Crippen LogP contribution is -2.27. The molecule has 1 aromatic rings. The lowest BCUT2D eigenvalue weighted by Gasteiger charge is -2.22. The van der Waals surface area contributed by atoms with Crippen molar-refractivity contribution in [2.75, 3.05) is 13.7 Å². The maximum atomic E-state index is 14.2. The van der Waals surface area contributed by atoms with E-state index in [1.165, 1.54) is 0 Å². The number of hydrogen-bond acceptors (Lipinski definition) is 2. The average molecular weight is 237 g/mol. The monoisotopic (exact) mass is 237 g/mol. The molecule has 1 aliphatic rings. The summed E-state index contributed by atoms with van der Waals surface area (Å²) >= 11 is 0. The predicted molar refractivity (Wildman–Crippen MR) is 66.8 cm³/mol. The summed E-state index contributed by atoms with van der Waals surface area (Å²) in [4.78, 5) is 0. The third-order valence-electron chi connectivity index (χ3n) is 4.16. The summed E-state index contributed by atoms with van der Waals surface area (Å²) in [6, 6.07) is 3.44. The first-order valence-electron chi connectivity index (χ1n) is 5.92. The second-order valence-electron chi connectivity index (χ2n) is 5.67. The molecule has 1 aliphatic carbocycles. The Morgan fingerprint density at radius 1 is 1.41 bits per heavy atom. The molecule has 0 bridgehead atoms. The second kappa shape index (κ2) is 3.70. The molecule has 0 heterocycles. The third-order valence-corrected chi connectivity index (χ3v) is 4.16. The fourth-order valence-corrected chi connectivity index (χ4v) is 2.92. The Labute approximate surface area is 102 Å². The highest BCUT2D eigenvalue weighted by Gasteiger charge is 2.63. The summed E-state index contributed by atoms with van der Waals surface area (Å²) in [7, 11) is 1.58. The van der Waals surface area contributed by atoms with E-state index in [1.807, 2.05) is 13.0 Å². The largest absolute Gasteiger partial charge is 0.496 e. The van der Waals surface area contributed by atoms with Gasteiger partial charge < -0.3 is 10.5 Å². The molecule has 0 aliphatic heterocycles. The summed E-state index contributed by atoms with van der Waals surface area (Å²) in [5.74, 6) is 0.427. The van der Waals surface area contributed by atoms with Gasteiger partial charge in [0.15, 0.2) is 0 Å². The van der Waals surface area contributed by atoms with Crippen molar-refractivity contribution in [1.29, 1.82) is 0 Å². The minimum Gasteiger partial charge on any atom is -0.496 e. The first-order valence-corrected chi connectivity index (χ1v) is 5.92. The van der Waals surface area contributed by atoms with Gasteiger partial charge in [-0.2, -0.15) is 0 Å². The van der Waals surface area contributed by atoms with E-state index in [0.29, 0.717) is 17.9 Å². The highest BCUT2D eigenvalue weighted by molar-refractivity contribution is 5.49. The van der Waals surface area contributed by atoms with Crippen molar-refractivity contribution in [2.45, 2.75) is 32.6 Å². The van der Waals surface area contributed by atoms with E-state index in [4.69, 9.17) is 10.5 Å². The van der Waals surface area contributed by atoms with Gasteiger partial charge in [-0.15, -0.1) is 0 Å². The first-order chi connectivity index (χ1) is 7.88. The molecule has 94 valence electrons. The molecular weight excluding hydrogens is 217 g/mol. The normalized spacial score (nSPS) is 25.8. The van der Waals surface area contributed by atoms with E-state index in [0.717, 1.165) is 12.0 Å². The van der Waals surface area contributed by atoms with Gasteiger partial charge >= 0.3 is 0 Å². The van der Waals surface area contributed by atoms with Crippen molar-refractivity contribution in [2.24, 2.45) is 11.1 Å². The Balaban J connectivity index is 2.60. The van der Waals surface area contributed by atoms with Gasteiger partial charge in [0.2, 0.25) is 0 Å². The summed E-state index contributed by atoms with van der Waals surface area (Å²) in [5, 5.41) is 0. The Bertz CT molecular complexity index is 456. The summed E-state index contributed by atoms with van der Waals surface area (Å²) in [6.45, 7) is 6.57. The molecule has 1 aromatic carbocycles. The minimum absolute atomic E-state index is 0.0468. The SMILES string of the molecule is COc1cc(C)cc(F)c1C1(CN)CC1(C)C. The molecule has 0 radical (unpaired) electrons. The Kier molecular flexibility index (Phi) is 2.69. The van der Waals surface area contributed by atoms with Gasteiger partial charge in [0.05, 0.1) is 7.11 Å². The molecular formula is C14H20FNO. The second-order valence-corrected chi connectivity index (χ2v) is 5.67. The van der Waals surface area contributed by atoms with Crippen LogP contribution in [0.1, 0.15) is 31.4 Å². The highest BCUT2D eigenvalue weighted by Crippen LogP contribution is 2.65. The molecule has 0 saturated heterocycles. The zero-order chi connectivity index (χ0) is 12.8. The van der Waals surface area contributed by atoms with E-state index in [-0.39, 0.29) is 16.6 Å². The summed E-state index contributed by atoms with van der Waals surface area (Å²) < 4.78 is 19.6. The van der Waals surface area contributed by atoms with Gasteiger partial charge in [0.1, 0.15) is 11.6 Å². The topological polar surface area (TPSA) is 35.2 Å². The van der Waals surface area contributed by atoms with Crippen LogP contribution in [0.4, 0.5) is 4.39 Å². The molecule has 2 N–H and O–H groups in total. The van der Waals surface area contributed by atoms with Gasteiger partial charge in [-0.1, -0.05) is 13.8 Å². The number of halogens is 1.